The monoisotopic (exact) mass is 255 g/mol. The Balaban J connectivity index is 2.70. The van der Waals surface area contributed by atoms with Gasteiger partial charge in [-0.2, -0.15) is 0 Å². The van der Waals surface area contributed by atoms with Crippen LogP contribution in [0.4, 0.5) is 0 Å². The Kier molecular flexibility index (Phi) is 5.58. The molecule has 0 saturated heterocycles. The average Bonchev–Trinajstić information content (AvgIpc) is 2.58. The number of hydrogen-bond donors (Lipinski definition) is 2. The van der Waals surface area contributed by atoms with Gasteiger partial charge < -0.3 is 10.6 Å². The van der Waals surface area contributed by atoms with Crippen LogP contribution < -0.4 is 10.6 Å². The topological polar surface area (TPSA) is 54.0 Å². The van der Waals surface area contributed by atoms with Crippen molar-refractivity contribution in [3.63, 3.8) is 0 Å². The second-order valence-electron chi connectivity index (χ2n) is 4.47. The van der Waals surface area contributed by atoms with Gasteiger partial charge in [-0.05, 0) is 26.3 Å². The van der Waals surface area contributed by atoms with E-state index in [0.29, 0.717) is 12.5 Å². The minimum atomic E-state index is 0.00139. The van der Waals surface area contributed by atoms with Crippen molar-refractivity contribution in [2.45, 2.75) is 27.2 Å². The zero-order valence-corrected chi connectivity index (χ0v) is 11.8. The Morgan fingerprint density at radius 2 is 2.12 bits per heavy atom. The maximum absolute atomic E-state index is 12.0. The van der Waals surface area contributed by atoms with Crippen LogP contribution in [0.3, 0.4) is 0 Å². The molecule has 0 aliphatic rings. The molecule has 4 nitrogen and oxygen atoms in total. The van der Waals surface area contributed by atoms with Gasteiger partial charge in [0, 0.05) is 13.1 Å². The zero-order chi connectivity index (χ0) is 12.8. The number of carbonyl (C=O) groups excluding carboxylic acids is 1. The summed E-state index contributed by atoms with van der Waals surface area (Å²) in [4.78, 5) is 17.2. The first kappa shape index (κ1) is 14.1. The first-order valence-corrected chi connectivity index (χ1v) is 6.75. The van der Waals surface area contributed by atoms with Gasteiger partial charge in [-0.1, -0.05) is 13.8 Å². The molecule has 0 bridgehead atoms. The molecule has 0 atom stereocenters. The summed E-state index contributed by atoms with van der Waals surface area (Å²) in [6.07, 6.45) is 0.860. The van der Waals surface area contributed by atoms with Gasteiger partial charge in [0.1, 0.15) is 4.88 Å². The van der Waals surface area contributed by atoms with Crippen LogP contribution in [-0.4, -0.2) is 31.0 Å². The molecule has 1 heterocycles. The first-order valence-electron chi connectivity index (χ1n) is 5.93. The molecule has 0 fully saturated rings. The van der Waals surface area contributed by atoms with Crippen LogP contribution in [0.2, 0.25) is 0 Å². The van der Waals surface area contributed by atoms with E-state index in [-0.39, 0.29) is 5.91 Å². The van der Waals surface area contributed by atoms with Crippen molar-refractivity contribution in [2.75, 3.05) is 20.1 Å². The van der Waals surface area contributed by atoms with Crippen LogP contribution in [0, 0.1) is 12.8 Å². The molecule has 0 spiro atoms. The Morgan fingerprint density at radius 3 is 2.71 bits per heavy atom. The number of nitrogens with zero attached hydrogens (tertiary/aromatic N) is 1. The lowest BCUT2D eigenvalue weighted by Crippen LogP contribution is -2.30. The smallest absolute Gasteiger partial charge is 0.263 e. The number of aryl methyl sites for hydroxylation is 1. The molecule has 17 heavy (non-hydrogen) atoms. The number of aromatic nitrogens is 1. The molecule has 0 radical (unpaired) electrons. The highest BCUT2D eigenvalue weighted by atomic mass is 32.1. The van der Waals surface area contributed by atoms with Crippen molar-refractivity contribution in [1.29, 1.82) is 0 Å². The Labute approximate surface area is 107 Å². The molecule has 1 rings (SSSR count). The third kappa shape index (κ3) is 4.44. The molecule has 96 valence electrons. The summed E-state index contributed by atoms with van der Waals surface area (Å²) >= 11 is 1.48. The average molecular weight is 255 g/mol. The van der Waals surface area contributed by atoms with E-state index >= 15 is 0 Å². The lowest BCUT2D eigenvalue weighted by Gasteiger charge is -2.06. The van der Waals surface area contributed by atoms with Gasteiger partial charge in [-0.25, -0.2) is 4.98 Å². The van der Waals surface area contributed by atoms with Crippen LogP contribution in [-0.2, 0) is 6.42 Å². The number of likely N-dealkylation sites (N-methyl/N-ethyl adjacent to an activating group) is 1. The number of amides is 1. The number of carbonyl (C=O) groups is 1. The Bertz CT molecular complexity index is 374. The fraction of sp³-hybridized carbons (Fsp3) is 0.667. The molecule has 0 aromatic carbocycles. The molecule has 0 aliphatic heterocycles. The van der Waals surface area contributed by atoms with Crippen molar-refractivity contribution in [3.8, 4) is 0 Å². The largest absolute Gasteiger partial charge is 0.350 e. The molecular weight excluding hydrogens is 234 g/mol. The predicted octanol–water partition coefficient (Wildman–Crippen LogP) is 1.60. The standard InChI is InChI=1S/C12H21N3OS/c1-8(2)7-10-11(17-9(3)15-10)12(16)14-6-5-13-4/h8,13H,5-7H2,1-4H3,(H,14,16). The predicted molar refractivity (Wildman–Crippen MR) is 71.7 cm³/mol. The van der Waals surface area contributed by atoms with E-state index in [0.717, 1.165) is 28.5 Å². The number of hydrogen-bond acceptors (Lipinski definition) is 4. The highest BCUT2D eigenvalue weighted by molar-refractivity contribution is 7.13. The van der Waals surface area contributed by atoms with Gasteiger partial charge in [0.2, 0.25) is 0 Å². The summed E-state index contributed by atoms with van der Waals surface area (Å²) in [6, 6.07) is 0. The molecule has 1 aromatic heterocycles. The van der Waals surface area contributed by atoms with Crippen molar-refractivity contribution in [3.05, 3.63) is 15.6 Å². The number of nitrogens with one attached hydrogen (secondary N) is 2. The molecule has 5 heteroatoms. The van der Waals surface area contributed by atoms with Crippen molar-refractivity contribution < 1.29 is 4.79 Å². The first-order chi connectivity index (χ1) is 8.04. The molecule has 0 aliphatic carbocycles. The summed E-state index contributed by atoms with van der Waals surface area (Å²) in [7, 11) is 1.87. The summed E-state index contributed by atoms with van der Waals surface area (Å²) < 4.78 is 0. The molecule has 0 saturated carbocycles. The van der Waals surface area contributed by atoms with Gasteiger partial charge in [-0.3, -0.25) is 4.79 Å². The Morgan fingerprint density at radius 1 is 1.41 bits per heavy atom. The second kappa shape index (κ2) is 6.71. The van der Waals surface area contributed by atoms with Crippen molar-refractivity contribution >= 4 is 17.2 Å². The zero-order valence-electron chi connectivity index (χ0n) is 11.0. The molecule has 2 N–H and O–H groups in total. The molecule has 0 unspecified atom stereocenters. The quantitative estimate of drug-likeness (QED) is 0.759. The molecule has 1 aromatic rings. The lowest BCUT2D eigenvalue weighted by atomic mass is 10.1. The summed E-state index contributed by atoms with van der Waals surface area (Å²) in [5.41, 5.74) is 0.935. The molecular formula is C12H21N3OS. The fourth-order valence-electron chi connectivity index (χ4n) is 1.55. The number of thiazole rings is 1. The minimum Gasteiger partial charge on any atom is -0.350 e. The van der Waals surface area contributed by atoms with Crippen LogP contribution in [0.1, 0.15) is 34.2 Å². The fourth-order valence-corrected chi connectivity index (χ4v) is 2.42. The number of rotatable bonds is 6. The van der Waals surface area contributed by atoms with E-state index in [9.17, 15) is 4.79 Å². The summed E-state index contributed by atoms with van der Waals surface area (Å²) in [5, 5.41) is 6.85. The van der Waals surface area contributed by atoms with Gasteiger partial charge in [0.15, 0.2) is 0 Å². The van der Waals surface area contributed by atoms with Gasteiger partial charge in [0.05, 0.1) is 10.7 Å². The van der Waals surface area contributed by atoms with Gasteiger partial charge in [-0.15, -0.1) is 11.3 Å². The van der Waals surface area contributed by atoms with Crippen LogP contribution in [0.25, 0.3) is 0 Å². The third-order valence-electron chi connectivity index (χ3n) is 2.27. The lowest BCUT2D eigenvalue weighted by molar-refractivity contribution is 0.0957. The van der Waals surface area contributed by atoms with E-state index in [1.165, 1.54) is 11.3 Å². The van der Waals surface area contributed by atoms with Crippen molar-refractivity contribution in [2.24, 2.45) is 5.92 Å². The third-order valence-corrected chi connectivity index (χ3v) is 3.28. The van der Waals surface area contributed by atoms with E-state index in [4.69, 9.17) is 0 Å². The van der Waals surface area contributed by atoms with Crippen LogP contribution >= 0.6 is 11.3 Å². The van der Waals surface area contributed by atoms with E-state index in [2.05, 4.69) is 29.5 Å². The normalized spacial score (nSPS) is 10.9. The van der Waals surface area contributed by atoms with Gasteiger partial charge in [0.25, 0.3) is 5.91 Å². The maximum Gasteiger partial charge on any atom is 0.263 e. The van der Waals surface area contributed by atoms with Crippen LogP contribution in [0.15, 0.2) is 0 Å². The van der Waals surface area contributed by atoms with Gasteiger partial charge >= 0.3 is 0 Å². The summed E-state index contributed by atoms with van der Waals surface area (Å²) in [5.74, 6) is 0.516. The van der Waals surface area contributed by atoms with Crippen LogP contribution in [0.5, 0.6) is 0 Å². The maximum atomic E-state index is 12.0. The SMILES string of the molecule is CNCCNC(=O)c1sc(C)nc1CC(C)C. The van der Waals surface area contributed by atoms with E-state index in [1.54, 1.807) is 0 Å². The summed E-state index contributed by atoms with van der Waals surface area (Å²) in [6.45, 7) is 7.64. The van der Waals surface area contributed by atoms with Crippen molar-refractivity contribution in [1.82, 2.24) is 15.6 Å². The second-order valence-corrected chi connectivity index (χ2v) is 5.67. The minimum absolute atomic E-state index is 0.00139. The Hall–Kier alpha value is -0.940. The highest BCUT2D eigenvalue weighted by Crippen LogP contribution is 2.20. The highest BCUT2D eigenvalue weighted by Gasteiger charge is 2.16. The van der Waals surface area contributed by atoms with E-state index < -0.39 is 0 Å². The molecule has 1 amide bonds. The van der Waals surface area contributed by atoms with E-state index in [1.807, 2.05) is 14.0 Å².